The molecule has 0 bridgehead atoms. The molecule has 2 heterocycles. The summed E-state index contributed by atoms with van der Waals surface area (Å²) in [4.78, 5) is 17.8. The standard InChI is InChI=1S/C15H17N3O2/c1-3-10-6-4-5-7-12(10)14-16-15(20-17-14)11-8-13(19)18(2)9-11/h4-7,11H,3,8-9H2,1-2H3. The van der Waals surface area contributed by atoms with Crippen LogP contribution in [0, 0.1) is 0 Å². The molecule has 5 heteroatoms. The van der Waals surface area contributed by atoms with Gasteiger partial charge in [-0.15, -0.1) is 0 Å². The van der Waals surface area contributed by atoms with Crippen LogP contribution in [0.4, 0.5) is 0 Å². The van der Waals surface area contributed by atoms with Crippen molar-refractivity contribution in [3.63, 3.8) is 0 Å². The first-order valence-electron chi connectivity index (χ1n) is 6.85. The summed E-state index contributed by atoms with van der Waals surface area (Å²) in [6.07, 6.45) is 1.37. The summed E-state index contributed by atoms with van der Waals surface area (Å²) < 4.78 is 5.36. The van der Waals surface area contributed by atoms with Crippen molar-refractivity contribution in [3.05, 3.63) is 35.7 Å². The van der Waals surface area contributed by atoms with Gasteiger partial charge in [-0.2, -0.15) is 4.98 Å². The van der Waals surface area contributed by atoms with Crippen LogP contribution < -0.4 is 0 Å². The van der Waals surface area contributed by atoms with E-state index < -0.39 is 0 Å². The average Bonchev–Trinajstić information content (AvgIpc) is 3.07. The second-order valence-electron chi connectivity index (χ2n) is 5.14. The zero-order chi connectivity index (χ0) is 14.1. The molecule has 0 N–H and O–H groups in total. The van der Waals surface area contributed by atoms with E-state index in [1.807, 2.05) is 18.2 Å². The highest BCUT2D eigenvalue weighted by Crippen LogP contribution is 2.28. The van der Waals surface area contributed by atoms with Gasteiger partial charge in [-0.3, -0.25) is 4.79 Å². The summed E-state index contributed by atoms with van der Waals surface area (Å²) in [5.74, 6) is 1.31. The second-order valence-corrected chi connectivity index (χ2v) is 5.14. The number of carbonyl (C=O) groups is 1. The summed E-state index contributed by atoms with van der Waals surface area (Å²) in [6, 6.07) is 8.04. The van der Waals surface area contributed by atoms with Crippen LogP contribution in [0.25, 0.3) is 11.4 Å². The molecule has 20 heavy (non-hydrogen) atoms. The summed E-state index contributed by atoms with van der Waals surface area (Å²) in [5, 5.41) is 4.07. The quantitative estimate of drug-likeness (QED) is 0.859. The van der Waals surface area contributed by atoms with Gasteiger partial charge in [-0.05, 0) is 12.0 Å². The van der Waals surface area contributed by atoms with E-state index in [0.717, 1.165) is 12.0 Å². The van der Waals surface area contributed by atoms with Crippen LogP contribution in [0.1, 0.15) is 30.7 Å². The summed E-state index contributed by atoms with van der Waals surface area (Å²) in [7, 11) is 1.80. The Morgan fingerprint density at radius 3 is 2.90 bits per heavy atom. The molecule has 1 aromatic heterocycles. The first-order chi connectivity index (χ1) is 9.69. The van der Waals surface area contributed by atoms with Crippen molar-refractivity contribution in [1.29, 1.82) is 0 Å². The highest BCUT2D eigenvalue weighted by atomic mass is 16.5. The minimum Gasteiger partial charge on any atom is -0.345 e. The molecule has 0 saturated carbocycles. The topological polar surface area (TPSA) is 59.2 Å². The fourth-order valence-electron chi connectivity index (χ4n) is 2.59. The zero-order valence-corrected chi connectivity index (χ0v) is 11.7. The molecule has 3 rings (SSSR count). The molecule has 1 unspecified atom stereocenters. The predicted octanol–water partition coefficient (Wildman–Crippen LogP) is 2.24. The van der Waals surface area contributed by atoms with Gasteiger partial charge in [0.25, 0.3) is 0 Å². The van der Waals surface area contributed by atoms with Crippen LogP contribution in [-0.2, 0) is 11.2 Å². The fraction of sp³-hybridized carbons (Fsp3) is 0.400. The lowest BCUT2D eigenvalue weighted by Crippen LogP contribution is -2.18. The van der Waals surface area contributed by atoms with Crippen LogP contribution in [-0.4, -0.2) is 34.5 Å². The van der Waals surface area contributed by atoms with Gasteiger partial charge in [0.1, 0.15) is 0 Å². The molecule has 5 nitrogen and oxygen atoms in total. The Hall–Kier alpha value is -2.17. The Balaban J connectivity index is 1.89. The first-order valence-corrected chi connectivity index (χ1v) is 6.85. The Labute approximate surface area is 117 Å². The van der Waals surface area contributed by atoms with E-state index in [-0.39, 0.29) is 11.8 Å². The maximum absolute atomic E-state index is 11.6. The third-order valence-corrected chi connectivity index (χ3v) is 3.77. The van der Waals surface area contributed by atoms with E-state index >= 15 is 0 Å². The lowest BCUT2D eigenvalue weighted by Gasteiger charge is -2.06. The molecular formula is C15H17N3O2. The Bertz CT molecular complexity index is 636. The molecule has 104 valence electrons. The monoisotopic (exact) mass is 271 g/mol. The van der Waals surface area contributed by atoms with Crippen LogP contribution in [0.15, 0.2) is 28.8 Å². The number of rotatable bonds is 3. The SMILES string of the molecule is CCc1ccccc1-c1noc(C2CC(=O)N(C)C2)n1. The maximum atomic E-state index is 11.6. The molecule has 0 aliphatic carbocycles. The Morgan fingerprint density at radius 2 is 2.20 bits per heavy atom. The summed E-state index contributed by atoms with van der Waals surface area (Å²) in [6.45, 7) is 2.75. The number of amides is 1. The molecule has 1 aliphatic rings. The van der Waals surface area contributed by atoms with Crippen LogP contribution >= 0.6 is 0 Å². The fourth-order valence-corrected chi connectivity index (χ4v) is 2.59. The van der Waals surface area contributed by atoms with Gasteiger partial charge in [0.05, 0.1) is 5.92 Å². The molecule has 0 spiro atoms. The molecule has 1 aromatic carbocycles. The smallest absolute Gasteiger partial charge is 0.232 e. The van der Waals surface area contributed by atoms with E-state index in [1.165, 1.54) is 5.56 Å². The minimum atomic E-state index is 0.0162. The lowest BCUT2D eigenvalue weighted by atomic mass is 10.0. The van der Waals surface area contributed by atoms with Crippen molar-refractivity contribution < 1.29 is 9.32 Å². The first kappa shape index (κ1) is 12.8. The van der Waals surface area contributed by atoms with Crippen LogP contribution in [0.5, 0.6) is 0 Å². The number of aromatic nitrogens is 2. The van der Waals surface area contributed by atoms with Crippen molar-refractivity contribution in [2.45, 2.75) is 25.7 Å². The van der Waals surface area contributed by atoms with Gasteiger partial charge in [-0.25, -0.2) is 0 Å². The maximum Gasteiger partial charge on any atom is 0.232 e. The number of hydrogen-bond donors (Lipinski definition) is 0. The third kappa shape index (κ3) is 2.19. The largest absolute Gasteiger partial charge is 0.345 e. The molecule has 1 amide bonds. The molecule has 1 fully saturated rings. The lowest BCUT2D eigenvalue weighted by molar-refractivity contribution is -0.126. The minimum absolute atomic E-state index is 0.0162. The van der Waals surface area contributed by atoms with Crippen molar-refractivity contribution in [2.24, 2.45) is 0 Å². The Kier molecular flexibility index (Phi) is 3.26. The number of hydrogen-bond acceptors (Lipinski definition) is 4. The number of benzene rings is 1. The van der Waals surface area contributed by atoms with Crippen LogP contribution in [0.2, 0.25) is 0 Å². The number of likely N-dealkylation sites (N-methyl/N-ethyl adjacent to an activating group) is 1. The van der Waals surface area contributed by atoms with Crippen molar-refractivity contribution in [1.82, 2.24) is 15.0 Å². The third-order valence-electron chi connectivity index (χ3n) is 3.77. The Morgan fingerprint density at radius 1 is 1.40 bits per heavy atom. The predicted molar refractivity (Wildman–Crippen MR) is 74.1 cm³/mol. The van der Waals surface area contributed by atoms with E-state index in [4.69, 9.17) is 4.52 Å². The number of likely N-dealkylation sites (tertiary alicyclic amines) is 1. The van der Waals surface area contributed by atoms with Crippen molar-refractivity contribution in [3.8, 4) is 11.4 Å². The van der Waals surface area contributed by atoms with Crippen LogP contribution in [0.3, 0.4) is 0 Å². The molecular weight excluding hydrogens is 254 g/mol. The molecule has 1 aliphatic heterocycles. The highest BCUT2D eigenvalue weighted by Gasteiger charge is 2.32. The molecule has 2 aromatic rings. The van der Waals surface area contributed by atoms with Crippen molar-refractivity contribution >= 4 is 5.91 Å². The molecule has 0 radical (unpaired) electrons. The van der Waals surface area contributed by atoms with Crippen molar-refractivity contribution in [2.75, 3.05) is 13.6 Å². The number of carbonyl (C=O) groups excluding carboxylic acids is 1. The van der Waals surface area contributed by atoms with E-state index in [0.29, 0.717) is 24.7 Å². The van der Waals surface area contributed by atoms with Gasteiger partial charge in [-0.1, -0.05) is 36.3 Å². The summed E-state index contributed by atoms with van der Waals surface area (Å²) >= 11 is 0. The van der Waals surface area contributed by atoms with E-state index in [2.05, 4.69) is 23.1 Å². The normalized spacial score (nSPS) is 18.8. The number of nitrogens with zero attached hydrogens (tertiary/aromatic N) is 3. The summed E-state index contributed by atoms with van der Waals surface area (Å²) in [5.41, 5.74) is 2.20. The second kappa shape index (κ2) is 5.07. The average molecular weight is 271 g/mol. The van der Waals surface area contributed by atoms with E-state index in [1.54, 1.807) is 11.9 Å². The van der Waals surface area contributed by atoms with E-state index in [9.17, 15) is 4.79 Å². The van der Waals surface area contributed by atoms with Gasteiger partial charge in [0.15, 0.2) is 0 Å². The van der Waals surface area contributed by atoms with Gasteiger partial charge in [0.2, 0.25) is 17.6 Å². The van der Waals surface area contributed by atoms with Gasteiger partial charge in [0, 0.05) is 25.6 Å². The molecule has 1 atom stereocenters. The number of aryl methyl sites for hydroxylation is 1. The zero-order valence-electron chi connectivity index (χ0n) is 11.7. The molecule has 1 saturated heterocycles. The van der Waals surface area contributed by atoms with Gasteiger partial charge >= 0.3 is 0 Å². The highest BCUT2D eigenvalue weighted by molar-refractivity contribution is 5.79. The van der Waals surface area contributed by atoms with Gasteiger partial charge < -0.3 is 9.42 Å².